The zero-order valence-corrected chi connectivity index (χ0v) is 17.3. The van der Waals surface area contributed by atoms with Crippen molar-refractivity contribution >= 4 is 33.2 Å². The van der Waals surface area contributed by atoms with Gasteiger partial charge in [0.1, 0.15) is 12.4 Å². The summed E-state index contributed by atoms with van der Waals surface area (Å²) < 4.78 is 39.0. The van der Waals surface area contributed by atoms with Gasteiger partial charge in [-0.1, -0.05) is 31.2 Å². The molecule has 9 heteroatoms. The molecule has 0 saturated carbocycles. The number of sulfonamides is 1. The molecular formula is C20H24FN3O4S. The Bertz CT molecular complexity index is 995. The minimum absolute atomic E-state index is 0.0481. The van der Waals surface area contributed by atoms with Crippen LogP contribution in [0.15, 0.2) is 48.5 Å². The molecule has 2 aromatic carbocycles. The van der Waals surface area contributed by atoms with Crippen LogP contribution in [-0.4, -0.2) is 39.1 Å². The van der Waals surface area contributed by atoms with Crippen LogP contribution in [0.1, 0.15) is 30.6 Å². The summed E-state index contributed by atoms with van der Waals surface area (Å²) in [6, 6.07) is 11.6. The largest absolute Gasteiger partial charge is 0.350 e. The molecule has 7 nitrogen and oxygen atoms in total. The average Bonchev–Trinajstić information content (AvgIpc) is 2.66. The van der Waals surface area contributed by atoms with Crippen LogP contribution in [0.4, 0.5) is 15.8 Å². The molecule has 0 fully saturated rings. The third kappa shape index (κ3) is 6.02. The summed E-state index contributed by atoms with van der Waals surface area (Å²) in [5, 5.41) is 5.36. The van der Waals surface area contributed by atoms with Gasteiger partial charge in [-0.2, -0.15) is 0 Å². The number of amides is 2. The van der Waals surface area contributed by atoms with E-state index in [1.807, 2.05) is 13.8 Å². The fourth-order valence-corrected chi connectivity index (χ4v) is 3.41. The molecule has 0 unspecified atom stereocenters. The molecule has 2 rings (SSSR count). The molecule has 0 aromatic heterocycles. The maximum Gasteiger partial charge on any atom is 0.253 e. The van der Waals surface area contributed by atoms with Gasteiger partial charge in [0.05, 0.1) is 23.2 Å². The van der Waals surface area contributed by atoms with E-state index in [0.717, 1.165) is 18.7 Å². The van der Waals surface area contributed by atoms with Gasteiger partial charge in [0, 0.05) is 6.04 Å². The number of benzene rings is 2. The van der Waals surface area contributed by atoms with Gasteiger partial charge in [-0.3, -0.25) is 13.9 Å². The van der Waals surface area contributed by atoms with Crippen molar-refractivity contribution in [1.82, 2.24) is 5.32 Å². The lowest BCUT2D eigenvalue weighted by molar-refractivity contribution is -0.114. The maximum atomic E-state index is 14.1. The molecule has 0 spiro atoms. The Balaban J connectivity index is 2.24. The highest BCUT2D eigenvalue weighted by Gasteiger charge is 2.24. The molecule has 0 aliphatic heterocycles. The Hall–Kier alpha value is -2.94. The predicted octanol–water partition coefficient (Wildman–Crippen LogP) is 2.76. The lowest BCUT2D eigenvalue weighted by Gasteiger charge is -2.22. The molecule has 2 aromatic rings. The van der Waals surface area contributed by atoms with Gasteiger partial charge in [-0.05, 0) is 37.6 Å². The summed E-state index contributed by atoms with van der Waals surface area (Å²) in [7, 11) is -3.92. The molecule has 29 heavy (non-hydrogen) atoms. The second kappa shape index (κ2) is 9.51. The Labute approximate surface area is 170 Å². The molecule has 0 bridgehead atoms. The third-order valence-corrected chi connectivity index (χ3v) is 5.37. The van der Waals surface area contributed by atoms with Crippen LogP contribution in [0.2, 0.25) is 0 Å². The van der Waals surface area contributed by atoms with Gasteiger partial charge in [0.15, 0.2) is 0 Å². The Morgan fingerprint density at radius 2 is 1.72 bits per heavy atom. The normalized spacial score (nSPS) is 12.1. The first kappa shape index (κ1) is 22.4. The second-order valence-corrected chi connectivity index (χ2v) is 8.50. The molecule has 0 heterocycles. The molecule has 0 aliphatic rings. The highest BCUT2D eigenvalue weighted by atomic mass is 32.2. The van der Waals surface area contributed by atoms with Crippen molar-refractivity contribution in [2.45, 2.75) is 26.3 Å². The van der Waals surface area contributed by atoms with Gasteiger partial charge in [-0.25, -0.2) is 12.8 Å². The molecule has 156 valence electrons. The predicted molar refractivity (Wildman–Crippen MR) is 111 cm³/mol. The Morgan fingerprint density at radius 3 is 2.34 bits per heavy atom. The first-order valence-electron chi connectivity index (χ1n) is 9.05. The summed E-state index contributed by atoms with van der Waals surface area (Å²) in [6.07, 6.45) is 1.63. The second-order valence-electron chi connectivity index (χ2n) is 6.60. The molecule has 0 saturated heterocycles. The minimum atomic E-state index is -3.92. The molecular weight excluding hydrogens is 397 g/mol. The minimum Gasteiger partial charge on any atom is -0.350 e. The summed E-state index contributed by atoms with van der Waals surface area (Å²) >= 11 is 0. The maximum absolute atomic E-state index is 14.1. The van der Waals surface area contributed by atoms with Crippen molar-refractivity contribution in [2.24, 2.45) is 0 Å². The van der Waals surface area contributed by atoms with E-state index < -0.39 is 28.3 Å². The van der Waals surface area contributed by atoms with Crippen LogP contribution >= 0.6 is 0 Å². The summed E-state index contributed by atoms with van der Waals surface area (Å²) in [6.45, 7) is 3.15. The molecule has 1 atom stereocenters. The highest BCUT2D eigenvalue weighted by Crippen LogP contribution is 2.22. The van der Waals surface area contributed by atoms with Gasteiger partial charge in [0.25, 0.3) is 5.91 Å². The van der Waals surface area contributed by atoms with Gasteiger partial charge in [0.2, 0.25) is 15.9 Å². The smallest absolute Gasteiger partial charge is 0.253 e. The van der Waals surface area contributed by atoms with E-state index in [1.165, 1.54) is 24.3 Å². The number of nitrogens with zero attached hydrogens (tertiary/aromatic N) is 1. The van der Waals surface area contributed by atoms with E-state index >= 15 is 0 Å². The van der Waals surface area contributed by atoms with Gasteiger partial charge < -0.3 is 10.6 Å². The SMILES string of the molecule is CC[C@@H](C)NC(=O)c1ccccc1NC(=O)CN(c1ccccc1F)S(C)(=O)=O. The van der Waals surface area contributed by atoms with E-state index in [-0.39, 0.29) is 28.9 Å². The van der Waals surface area contributed by atoms with Crippen molar-refractivity contribution < 1.29 is 22.4 Å². The third-order valence-electron chi connectivity index (χ3n) is 4.24. The van der Waals surface area contributed by atoms with Crippen molar-refractivity contribution in [3.63, 3.8) is 0 Å². The molecule has 0 radical (unpaired) electrons. The summed E-state index contributed by atoms with van der Waals surface area (Å²) in [4.78, 5) is 25.0. The van der Waals surface area contributed by atoms with E-state index in [1.54, 1.807) is 18.2 Å². The standard InChI is InChI=1S/C20H24FN3O4S/c1-4-14(2)22-20(26)15-9-5-7-11-17(15)23-19(25)13-24(29(3,27)28)18-12-8-6-10-16(18)21/h5-12,14H,4,13H2,1-3H3,(H,22,26)(H,23,25)/t14-/m1/s1. The fourth-order valence-electron chi connectivity index (χ4n) is 2.55. The Kier molecular flexibility index (Phi) is 7.33. The van der Waals surface area contributed by atoms with E-state index in [2.05, 4.69) is 10.6 Å². The van der Waals surface area contributed by atoms with E-state index in [0.29, 0.717) is 4.31 Å². The number of anilines is 2. The van der Waals surface area contributed by atoms with Crippen LogP contribution in [0.5, 0.6) is 0 Å². The number of nitrogens with one attached hydrogen (secondary N) is 2. The van der Waals surface area contributed by atoms with Crippen LogP contribution in [0.3, 0.4) is 0 Å². The first-order valence-corrected chi connectivity index (χ1v) is 10.9. The molecule has 2 amide bonds. The summed E-state index contributed by atoms with van der Waals surface area (Å²) in [5.41, 5.74) is 0.256. The molecule has 0 aliphatic carbocycles. The average molecular weight is 421 g/mol. The number of carbonyl (C=O) groups is 2. The molecule has 2 N–H and O–H groups in total. The van der Waals surface area contributed by atoms with Crippen LogP contribution in [0, 0.1) is 5.82 Å². The van der Waals surface area contributed by atoms with E-state index in [4.69, 9.17) is 0 Å². The number of hydrogen-bond acceptors (Lipinski definition) is 4. The van der Waals surface area contributed by atoms with Crippen LogP contribution in [-0.2, 0) is 14.8 Å². The summed E-state index contributed by atoms with van der Waals surface area (Å²) in [5.74, 6) is -1.83. The lowest BCUT2D eigenvalue weighted by atomic mass is 10.1. The number of carbonyl (C=O) groups excluding carboxylic acids is 2. The number of para-hydroxylation sites is 2. The van der Waals surface area contributed by atoms with Crippen molar-refractivity contribution in [1.29, 1.82) is 0 Å². The van der Waals surface area contributed by atoms with Gasteiger partial charge in [-0.15, -0.1) is 0 Å². The zero-order chi connectivity index (χ0) is 21.6. The van der Waals surface area contributed by atoms with Crippen molar-refractivity contribution in [3.05, 3.63) is 59.9 Å². The number of rotatable bonds is 8. The lowest BCUT2D eigenvalue weighted by Crippen LogP contribution is -2.38. The first-order chi connectivity index (χ1) is 13.6. The van der Waals surface area contributed by atoms with Crippen LogP contribution < -0.4 is 14.9 Å². The zero-order valence-electron chi connectivity index (χ0n) is 16.5. The monoisotopic (exact) mass is 421 g/mol. The Morgan fingerprint density at radius 1 is 1.10 bits per heavy atom. The quantitative estimate of drug-likeness (QED) is 0.685. The number of halogens is 1. The van der Waals surface area contributed by atoms with Crippen molar-refractivity contribution in [3.8, 4) is 0 Å². The van der Waals surface area contributed by atoms with Crippen molar-refractivity contribution in [2.75, 3.05) is 22.4 Å². The fraction of sp³-hybridized carbons (Fsp3) is 0.300. The van der Waals surface area contributed by atoms with Gasteiger partial charge >= 0.3 is 0 Å². The highest BCUT2D eigenvalue weighted by molar-refractivity contribution is 7.92. The number of hydrogen-bond donors (Lipinski definition) is 2. The van der Waals surface area contributed by atoms with Crippen LogP contribution in [0.25, 0.3) is 0 Å². The van der Waals surface area contributed by atoms with E-state index in [9.17, 15) is 22.4 Å². The topological polar surface area (TPSA) is 95.6 Å².